The van der Waals surface area contributed by atoms with E-state index in [0.29, 0.717) is 18.9 Å². The summed E-state index contributed by atoms with van der Waals surface area (Å²) in [5.74, 6) is -0.101. The molecule has 0 spiro atoms. The van der Waals surface area contributed by atoms with Crippen LogP contribution in [-0.4, -0.2) is 73.2 Å². The monoisotopic (exact) mass is 456 g/mol. The van der Waals surface area contributed by atoms with Crippen molar-refractivity contribution in [1.29, 1.82) is 0 Å². The molecule has 1 fully saturated rings. The molecule has 9 nitrogen and oxygen atoms in total. The summed E-state index contributed by atoms with van der Waals surface area (Å²) >= 11 is 0. The van der Waals surface area contributed by atoms with Crippen molar-refractivity contribution in [3.8, 4) is 17.2 Å². The van der Waals surface area contributed by atoms with Gasteiger partial charge in [-0.2, -0.15) is 0 Å². The van der Waals surface area contributed by atoms with Crippen molar-refractivity contribution >= 4 is 17.6 Å². The number of benzene rings is 2. The number of nitrogens with zero attached hydrogens (tertiary/aromatic N) is 2. The molecule has 2 aromatic carbocycles. The predicted octanol–water partition coefficient (Wildman–Crippen LogP) is 2.72. The Morgan fingerprint density at radius 3 is 2.24 bits per heavy atom. The Morgan fingerprint density at radius 2 is 1.58 bits per heavy atom. The molecular formula is C24H28N2O7. The van der Waals surface area contributed by atoms with Crippen LogP contribution in [0.5, 0.6) is 17.2 Å². The van der Waals surface area contributed by atoms with Gasteiger partial charge in [0.05, 0.1) is 6.61 Å². The minimum Gasteiger partial charge on any atom is -0.493 e. The molecule has 0 aliphatic carbocycles. The van der Waals surface area contributed by atoms with E-state index in [4.69, 9.17) is 24.4 Å². The number of ether oxygens (including phenoxy) is 3. The number of carboxylic acids is 2. The van der Waals surface area contributed by atoms with Gasteiger partial charge in [-0.3, -0.25) is 4.90 Å². The third-order valence-corrected chi connectivity index (χ3v) is 5.09. The van der Waals surface area contributed by atoms with Gasteiger partial charge in [-0.1, -0.05) is 18.2 Å². The molecule has 176 valence electrons. The third kappa shape index (κ3) is 8.04. The van der Waals surface area contributed by atoms with Gasteiger partial charge in [-0.15, -0.1) is 0 Å². The van der Waals surface area contributed by atoms with Gasteiger partial charge in [0.2, 0.25) is 6.79 Å². The molecule has 2 heterocycles. The van der Waals surface area contributed by atoms with Gasteiger partial charge in [0.1, 0.15) is 5.75 Å². The van der Waals surface area contributed by atoms with Crippen LogP contribution in [0.25, 0.3) is 0 Å². The van der Waals surface area contributed by atoms with E-state index in [-0.39, 0.29) is 0 Å². The van der Waals surface area contributed by atoms with Crippen LogP contribution in [0, 0.1) is 0 Å². The van der Waals surface area contributed by atoms with Gasteiger partial charge in [0.25, 0.3) is 0 Å². The first-order valence-electron chi connectivity index (χ1n) is 10.7. The molecule has 2 aliphatic heterocycles. The number of carbonyl (C=O) groups is 2. The summed E-state index contributed by atoms with van der Waals surface area (Å²) in [5.41, 5.74) is 1.33. The third-order valence-electron chi connectivity index (χ3n) is 5.09. The molecular weight excluding hydrogens is 428 g/mol. The highest BCUT2D eigenvalue weighted by Crippen LogP contribution is 2.35. The number of anilines is 1. The molecule has 1 saturated heterocycles. The zero-order valence-electron chi connectivity index (χ0n) is 18.3. The highest BCUT2D eigenvalue weighted by atomic mass is 16.7. The first kappa shape index (κ1) is 23.9. The van der Waals surface area contributed by atoms with Crippen molar-refractivity contribution in [1.82, 2.24) is 4.90 Å². The smallest absolute Gasteiger partial charge is 0.328 e. The van der Waals surface area contributed by atoms with Crippen LogP contribution in [-0.2, 0) is 9.59 Å². The van der Waals surface area contributed by atoms with Crippen LogP contribution in [0.3, 0.4) is 0 Å². The summed E-state index contributed by atoms with van der Waals surface area (Å²) in [6, 6.07) is 16.4. The molecule has 0 unspecified atom stereocenters. The van der Waals surface area contributed by atoms with Crippen LogP contribution >= 0.6 is 0 Å². The Labute approximate surface area is 192 Å². The highest BCUT2D eigenvalue weighted by molar-refractivity contribution is 5.89. The minimum atomic E-state index is -1.26. The maximum absolute atomic E-state index is 9.55. The van der Waals surface area contributed by atoms with Crippen LogP contribution in [0.2, 0.25) is 0 Å². The fourth-order valence-electron chi connectivity index (χ4n) is 3.46. The van der Waals surface area contributed by atoms with E-state index in [1.807, 2.05) is 18.2 Å². The number of fused-ring (bicyclic) bond motifs is 1. The molecule has 0 aromatic heterocycles. The van der Waals surface area contributed by atoms with Gasteiger partial charge in [-0.25, -0.2) is 9.59 Å². The van der Waals surface area contributed by atoms with Crippen LogP contribution in [0.4, 0.5) is 5.69 Å². The topological polar surface area (TPSA) is 109 Å². The first-order valence-corrected chi connectivity index (χ1v) is 10.7. The SMILES string of the molecule is O=C(O)/C=C\C(=O)O.c1ccc(N2CCN(CCCOc3ccc4c(c3)OCO4)CC2)cc1. The fraction of sp³-hybridized carbons (Fsp3) is 0.333. The number of carboxylic acid groups (broad SMARTS) is 2. The normalized spacial score (nSPS) is 15.1. The number of aliphatic carboxylic acids is 2. The molecule has 4 rings (SSSR count). The molecule has 0 radical (unpaired) electrons. The lowest BCUT2D eigenvalue weighted by Crippen LogP contribution is -2.46. The highest BCUT2D eigenvalue weighted by Gasteiger charge is 2.17. The predicted molar refractivity (Wildman–Crippen MR) is 122 cm³/mol. The van der Waals surface area contributed by atoms with Gasteiger partial charge in [0.15, 0.2) is 11.5 Å². The largest absolute Gasteiger partial charge is 0.493 e. The van der Waals surface area contributed by atoms with Gasteiger partial charge >= 0.3 is 11.9 Å². The summed E-state index contributed by atoms with van der Waals surface area (Å²) in [6.07, 6.45) is 2.14. The van der Waals surface area contributed by atoms with Gasteiger partial charge < -0.3 is 29.3 Å². The second-order valence-electron chi connectivity index (χ2n) is 7.39. The Bertz CT molecular complexity index is 925. The second kappa shape index (κ2) is 12.4. The Hall–Kier alpha value is -3.72. The first-order chi connectivity index (χ1) is 16.0. The zero-order chi connectivity index (χ0) is 23.5. The van der Waals surface area contributed by atoms with Crippen molar-refractivity contribution in [3.63, 3.8) is 0 Å². The lowest BCUT2D eigenvalue weighted by Gasteiger charge is -2.36. The molecule has 33 heavy (non-hydrogen) atoms. The number of para-hydroxylation sites is 1. The van der Waals surface area contributed by atoms with E-state index >= 15 is 0 Å². The Balaban J connectivity index is 0.000000331. The van der Waals surface area contributed by atoms with Crippen molar-refractivity contribution in [3.05, 3.63) is 60.7 Å². The van der Waals surface area contributed by atoms with Crippen LogP contribution in [0.15, 0.2) is 60.7 Å². The molecule has 2 N–H and O–H groups in total. The molecule has 9 heteroatoms. The Morgan fingerprint density at radius 1 is 0.909 bits per heavy atom. The molecule has 2 aromatic rings. The van der Waals surface area contributed by atoms with E-state index < -0.39 is 11.9 Å². The summed E-state index contributed by atoms with van der Waals surface area (Å²) in [6.45, 7) is 6.50. The summed E-state index contributed by atoms with van der Waals surface area (Å²) < 4.78 is 16.5. The van der Waals surface area contributed by atoms with E-state index in [0.717, 1.165) is 63.0 Å². The standard InChI is InChI=1S/C20H24N2O3.C4H4O4/c1-2-5-17(6-3-1)22-12-10-21(11-13-22)9-4-14-23-18-7-8-19-20(15-18)25-16-24-19;5-3(6)1-2-4(7)8/h1-3,5-8,15H,4,9-14,16H2;1-2H,(H,5,6)(H,7,8)/b;2-1-. The molecule has 0 atom stereocenters. The van der Waals surface area contributed by atoms with Gasteiger partial charge in [-0.05, 0) is 30.7 Å². The molecule has 0 bridgehead atoms. The van der Waals surface area contributed by atoms with E-state index in [1.54, 1.807) is 0 Å². The van der Waals surface area contributed by atoms with Crippen molar-refractivity contribution in [2.75, 3.05) is 51.0 Å². The number of piperazine rings is 1. The second-order valence-corrected chi connectivity index (χ2v) is 7.39. The molecule has 0 amide bonds. The van der Waals surface area contributed by atoms with Crippen molar-refractivity contribution < 1.29 is 34.0 Å². The van der Waals surface area contributed by atoms with Crippen molar-refractivity contribution in [2.45, 2.75) is 6.42 Å². The summed E-state index contributed by atoms with van der Waals surface area (Å²) in [7, 11) is 0. The van der Waals surface area contributed by atoms with E-state index in [1.165, 1.54) is 5.69 Å². The van der Waals surface area contributed by atoms with E-state index in [2.05, 4.69) is 40.1 Å². The van der Waals surface area contributed by atoms with Crippen molar-refractivity contribution in [2.24, 2.45) is 0 Å². The lowest BCUT2D eigenvalue weighted by atomic mass is 10.2. The average molecular weight is 456 g/mol. The summed E-state index contributed by atoms with van der Waals surface area (Å²) in [4.78, 5) is 24.1. The molecule has 0 saturated carbocycles. The zero-order valence-corrected chi connectivity index (χ0v) is 18.3. The minimum absolute atomic E-state index is 0.299. The fourth-order valence-corrected chi connectivity index (χ4v) is 3.46. The lowest BCUT2D eigenvalue weighted by molar-refractivity contribution is -0.134. The average Bonchev–Trinajstić information content (AvgIpc) is 3.30. The van der Waals surface area contributed by atoms with Crippen LogP contribution < -0.4 is 19.1 Å². The number of hydrogen-bond acceptors (Lipinski definition) is 7. The number of rotatable bonds is 8. The number of hydrogen-bond donors (Lipinski definition) is 2. The Kier molecular flexibility index (Phi) is 8.96. The van der Waals surface area contributed by atoms with Gasteiger partial charge in [0, 0.05) is 56.6 Å². The molecule has 2 aliphatic rings. The summed E-state index contributed by atoms with van der Waals surface area (Å²) in [5, 5.41) is 15.6. The van der Waals surface area contributed by atoms with Crippen LogP contribution in [0.1, 0.15) is 6.42 Å². The quantitative estimate of drug-likeness (QED) is 0.458. The van der Waals surface area contributed by atoms with E-state index in [9.17, 15) is 9.59 Å². The maximum atomic E-state index is 9.55. The maximum Gasteiger partial charge on any atom is 0.328 e.